The Hall–Kier alpha value is -3.40. The number of fused-ring (bicyclic) bond motifs is 1. The van der Waals surface area contributed by atoms with Gasteiger partial charge in [-0.2, -0.15) is 0 Å². The molecular formula is C25H23NO3. The van der Waals surface area contributed by atoms with Crippen LogP contribution < -0.4 is 10.1 Å². The molecule has 4 nitrogen and oxygen atoms in total. The molecule has 4 heteroatoms. The SMILES string of the molecule is CCCOc1ccccc1-c1ccc(NC(=O)c2ccccc2)c2c1CCC2=O. The molecule has 0 fully saturated rings. The molecule has 1 aliphatic carbocycles. The zero-order valence-corrected chi connectivity index (χ0v) is 16.4. The van der Waals surface area contributed by atoms with E-state index in [1.54, 1.807) is 12.1 Å². The van der Waals surface area contributed by atoms with Gasteiger partial charge in [0.05, 0.1) is 12.3 Å². The third-order valence-electron chi connectivity index (χ3n) is 5.12. The number of hydrogen-bond donors (Lipinski definition) is 1. The Morgan fingerprint density at radius 1 is 0.931 bits per heavy atom. The van der Waals surface area contributed by atoms with Crippen molar-refractivity contribution in [1.82, 2.24) is 0 Å². The number of benzene rings is 3. The lowest BCUT2D eigenvalue weighted by molar-refractivity contribution is 0.0995. The first kappa shape index (κ1) is 18.9. The van der Waals surface area contributed by atoms with Gasteiger partial charge in [-0.3, -0.25) is 9.59 Å². The molecule has 0 aromatic heterocycles. The minimum Gasteiger partial charge on any atom is -0.493 e. The monoisotopic (exact) mass is 385 g/mol. The molecule has 0 atom stereocenters. The van der Waals surface area contributed by atoms with Gasteiger partial charge in [0.2, 0.25) is 0 Å². The predicted octanol–water partition coefficient (Wildman–Crippen LogP) is 5.52. The van der Waals surface area contributed by atoms with Crippen LogP contribution in [0.25, 0.3) is 11.1 Å². The van der Waals surface area contributed by atoms with Crippen LogP contribution in [0.2, 0.25) is 0 Å². The number of ketones is 1. The van der Waals surface area contributed by atoms with Crippen molar-refractivity contribution in [1.29, 1.82) is 0 Å². The van der Waals surface area contributed by atoms with E-state index in [-0.39, 0.29) is 11.7 Å². The van der Waals surface area contributed by atoms with Crippen LogP contribution in [-0.4, -0.2) is 18.3 Å². The molecule has 4 rings (SSSR count). The van der Waals surface area contributed by atoms with Crippen molar-refractivity contribution in [3.05, 3.63) is 83.4 Å². The normalized spacial score (nSPS) is 12.5. The van der Waals surface area contributed by atoms with Crippen LogP contribution in [0.5, 0.6) is 5.75 Å². The zero-order valence-electron chi connectivity index (χ0n) is 16.4. The molecule has 1 aliphatic rings. The Bertz CT molecular complexity index is 1060. The molecule has 146 valence electrons. The third-order valence-corrected chi connectivity index (χ3v) is 5.12. The summed E-state index contributed by atoms with van der Waals surface area (Å²) in [6.45, 7) is 2.71. The average molecular weight is 385 g/mol. The van der Waals surface area contributed by atoms with Crippen LogP contribution in [0.3, 0.4) is 0 Å². The zero-order chi connectivity index (χ0) is 20.2. The van der Waals surface area contributed by atoms with Crippen LogP contribution in [0.4, 0.5) is 5.69 Å². The number of ether oxygens (including phenoxy) is 1. The molecule has 0 saturated heterocycles. The first-order chi connectivity index (χ1) is 14.2. The summed E-state index contributed by atoms with van der Waals surface area (Å²) in [7, 11) is 0. The van der Waals surface area contributed by atoms with Gasteiger partial charge in [-0.05, 0) is 48.2 Å². The number of carbonyl (C=O) groups is 2. The Balaban J connectivity index is 1.73. The number of carbonyl (C=O) groups excluding carboxylic acids is 2. The fraction of sp³-hybridized carbons (Fsp3) is 0.200. The Labute approximate surface area is 170 Å². The maximum atomic E-state index is 12.7. The third kappa shape index (κ3) is 3.79. The molecule has 3 aromatic rings. The summed E-state index contributed by atoms with van der Waals surface area (Å²) in [5, 5.41) is 2.93. The summed E-state index contributed by atoms with van der Waals surface area (Å²) in [5.41, 5.74) is 4.72. The molecule has 1 N–H and O–H groups in total. The van der Waals surface area contributed by atoms with E-state index in [0.717, 1.165) is 28.9 Å². The van der Waals surface area contributed by atoms with Gasteiger partial charge in [0, 0.05) is 23.1 Å². The summed E-state index contributed by atoms with van der Waals surface area (Å²) in [6.07, 6.45) is 2.05. The van der Waals surface area contributed by atoms with E-state index in [4.69, 9.17) is 4.74 Å². The molecule has 0 heterocycles. The van der Waals surface area contributed by atoms with Gasteiger partial charge in [-0.25, -0.2) is 0 Å². The summed E-state index contributed by atoms with van der Waals surface area (Å²) in [5.74, 6) is 0.668. The minimum atomic E-state index is -0.216. The number of Topliss-reactive ketones (excluding diaryl/α,β-unsaturated/α-hetero) is 1. The highest BCUT2D eigenvalue weighted by Gasteiger charge is 2.27. The number of hydrogen-bond acceptors (Lipinski definition) is 3. The maximum absolute atomic E-state index is 12.7. The summed E-state index contributed by atoms with van der Waals surface area (Å²) >= 11 is 0. The highest BCUT2D eigenvalue weighted by Crippen LogP contribution is 2.40. The first-order valence-corrected chi connectivity index (χ1v) is 9.96. The van der Waals surface area contributed by atoms with Gasteiger partial charge >= 0.3 is 0 Å². The van der Waals surface area contributed by atoms with Crippen molar-refractivity contribution in [2.75, 3.05) is 11.9 Å². The van der Waals surface area contributed by atoms with Crippen LogP contribution in [-0.2, 0) is 6.42 Å². The minimum absolute atomic E-state index is 0.0668. The standard InChI is InChI=1S/C25H23NO3/c1-2-16-29-23-11-7-6-10-19(23)18-12-14-21(24-20(18)13-15-22(24)27)26-25(28)17-8-4-3-5-9-17/h3-12,14H,2,13,15-16H2,1H3,(H,26,28). The number of rotatable bonds is 6. The molecular weight excluding hydrogens is 362 g/mol. The molecule has 0 aliphatic heterocycles. The van der Waals surface area contributed by atoms with Crippen molar-refractivity contribution >= 4 is 17.4 Å². The van der Waals surface area contributed by atoms with Crippen LogP contribution in [0.1, 0.15) is 46.0 Å². The largest absolute Gasteiger partial charge is 0.493 e. The van der Waals surface area contributed by atoms with Gasteiger partial charge in [-0.1, -0.05) is 49.4 Å². The van der Waals surface area contributed by atoms with E-state index in [1.807, 2.05) is 54.6 Å². The molecule has 0 unspecified atom stereocenters. The smallest absolute Gasteiger partial charge is 0.255 e. The van der Waals surface area contributed by atoms with E-state index in [0.29, 0.717) is 36.3 Å². The molecule has 0 radical (unpaired) electrons. The van der Waals surface area contributed by atoms with E-state index in [9.17, 15) is 9.59 Å². The summed E-state index contributed by atoms with van der Waals surface area (Å²) in [4.78, 5) is 25.3. The number of nitrogens with one attached hydrogen (secondary N) is 1. The topological polar surface area (TPSA) is 55.4 Å². The molecule has 0 saturated carbocycles. The summed E-state index contributed by atoms with van der Waals surface area (Å²) in [6, 6.07) is 20.7. The van der Waals surface area contributed by atoms with E-state index in [1.165, 1.54) is 0 Å². The van der Waals surface area contributed by atoms with E-state index >= 15 is 0 Å². The molecule has 0 bridgehead atoms. The van der Waals surface area contributed by atoms with Crippen molar-refractivity contribution in [2.45, 2.75) is 26.2 Å². The molecule has 29 heavy (non-hydrogen) atoms. The van der Waals surface area contributed by atoms with Crippen LogP contribution >= 0.6 is 0 Å². The predicted molar refractivity (Wildman–Crippen MR) is 115 cm³/mol. The van der Waals surface area contributed by atoms with Crippen LogP contribution in [0, 0.1) is 0 Å². The fourth-order valence-electron chi connectivity index (χ4n) is 3.76. The highest BCUT2D eigenvalue weighted by atomic mass is 16.5. The molecule has 1 amide bonds. The molecule has 3 aromatic carbocycles. The lowest BCUT2D eigenvalue weighted by Crippen LogP contribution is -2.14. The Morgan fingerprint density at radius 2 is 1.69 bits per heavy atom. The van der Waals surface area contributed by atoms with Crippen LogP contribution in [0.15, 0.2) is 66.7 Å². The second kappa shape index (κ2) is 8.31. The van der Waals surface area contributed by atoms with E-state index < -0.39 is 0 Å². The lowest BCUT2D eigenvalue weighted by Gasteiger charge is -2.16. The maximum Gasteiger partial charge on any atom is 0.255 e. The molecule has 0 spiro atoms. The van der Waals surface area contributed by atoms with Crippen molar-refractivity contribution in [3.63, 3.8) is 0 Å². The quantitative estimate of drug-likeness (QED) is 0.607. The Kier molecular flexibility index (Phi) is 5.43. The van der Waals surface area contributed by atoms with Gasteiger partial charge < -0.3 is 10.1 Å². The van der Waals surface area contributed by atoms with Gasteiger partial charge in [-0.15, -0.1) is 0 Å². The number of anilines is 1. The van der Waals surface area contributed by atoms with E-state index in [2.05, 4.69) is 12.2 Å². The summed E-state index contributed by atoms with van der Waals surface area (Å²) < 4.78 is 5.93. The van der Waals surface area contributed by atoms with Gasteiger partial charge in [0.1, 0.15) is 5.75 Å². The first-order valence-electron chi connectivity index (χ1n) is 9.96. The van der Waals surface area contributed by atoms with Crippen molar-refractivity contribution < 1.29 is 14.3 Å². The second-order valence-corrected chi connectivity index (χ2v) is 7.10. The van der Waals surface area contributed by atoms with Gasteiger partial charge in [0.15, 0.2) is 5.78 Å². The van der Waals surface area contributed by atoms with Crippen molar-refractivity contribution in [3.8, 4) is 16.9 Å². The fourth-order valence-corrected chi connectivity index (χ4v) is 3.76. The van der Waals surface area contributed by atoms with Crippen molar-refractivity contribution in [2.24, 2.45) is 0 Å². The Morgan fingerprint density at radius 3 is 2.48 bits per heavy atom. The number of amides is 1. The van der Waals surface area contributed by atoms with Gasteiger partial charge in [0.25, 0.3) is 5.91 Å². The lowest BCUT2D eigenvalue weighted by atomic mass is 9.94. The number of para-hydroxylation sites is 1. The average Bonchev–Trinajstić information content (AvgIpc) is 3.15. The second-order valence-electron chi connectivity index (χ2n) is 7.10. The highest BCUT2D eigenvalue weighted by molar-refractivity contribution is 6.12.